The average Bonchev–Trinajstić information content (AvgIpc) is 2.62. The molecule has 0 aliphatic heterocycles. The third kappa shape index (κ3) is 8.87. The second kappa shape index (κ2) is 10.1. The minimum Gasteiger partial charge on any atom is -0.748 e. The normalized spacial score (nSPS) is 12.2. The molecule has 0 atom stereocenters. The summed E-state index contributed by atoms with van der Waals surface area (Å²) in [5, 5.41) is 0. The maximum absolute atomic E-state index is 10.6. The van der Waals surface area contributed by atoms with Crippen molar-refractivity contribution in [3.05, 3.63) is 49.1 Å². The predicted molar refractivity (Wildman–Crippen MR) is 102 cm³/mol. The van der Waals surface area contributed by atoms with E-state index in [0.717, 1.165) is 11.1 Å². The van der Waals surface area contributed by atoms with Gasteiger partial charge in [0.15, 0.2) is 24.8 Å². The van der Waals surface area contributed by atoms with Crippen LogP contribution in [0.15, 0.2) is 49.1 Å². The Morgan fingerprint density at radius 1 is 0.643 bits per heavy atom. The van der Waals surface area contributed by atoms with Crippen LogP contribution in [0.25, 0.3) is 11.1 Å². The number of nitrogens with zero attached hydrogens (tertiary/aromatic N) is 2. The highest BCUT2D eigenvalue weighted by molar-refractivity contribution is 7.85. The Balaban J connectivity index is 0.00000420. The van der Waals surface area contributed by atoms with Gasteiger partial charge in [0.2, 0.25) is 0 Å². The number of aryl methyl sites for hydroxylation is 2. The van der Waals surface area contributed by atoms with Gasteiger partial charge < -0.3 is 9.11 Å². The Labute approximate surface area is 168 Å². The number of hydrogen-bond acceptors (Lipinski definition) is 6. The quantitative estimate of drug-likeness (QED) is 0.295. The van der Waals surface area contributed by atoms with Gasteiger partial charge in [-0.25, -0.2) is 26.0 Å². The second-order valence-electron chi connectivity index (χ2n) is 6.59. The van der Waals surface area contributed by atoms with E-state index >= 15 is 0 Å². The van der Waals surface area contributed by atoms with Crippen molar-refractivity contribution in [2.45, 2.75) is 38.8 Å². The van der Waals surface area contributed by atoms with E-state index in [1.165, 1.54) is 0 Å². The highest BCUT2D eigenvalue weighted by atomic mass is 32.2. The van der Waals surface area contributed by atoms with Crippen molar-refractivity contribution in [3.8, 4) is 11.1 Å². The molecule has 0 aromatic carbocycles. The van der Waals surface area contributed by atoms with Crippen LogP contribution in [0.2, 0.25) is 0 Å². The molecule has 0 N–H and O–H groups in total. The highest BCUT2D eigenvalue weighted by Crippen LogP contribution is 2.15. The first-order chi connectivity index (χ1) is 13.1. The molecule has 0 radical (unpaired) electrons. The van der Waals surface area contributed by atoms with E-state index < -0.39 is 20.2 Å². The fraction of sp³-hybridized carbons (Fsp3) is 0.444. The molecule has 0 fully saturated rings. The number of aromatic nitrogens is 2. The summed E-state index contributed by atoms with van der Waals surface area (Å²) >= 11 is 0. The van der Waals surface area contributed by atoms with E-state index in [4.69, 9.17) is 0 Å². The van der Waals surface area contributed by atoms with Crippen molar-refractivity contribution in [2.24, 2.45) is 0 Å². The Morgan fingerprint density at radius 3 is 1.25 bits per heavy atom. The van der Waals surface area contributed by atoms with E-state index in [2.05, 4.69) is 0 Å². The van der Waals surface area contributed by atoms with E-state index in [-0.39, 0.29) is 14.4 Å². The molecule has 2 heterocycles. The molecule has 0 aliphatic rings. The maximum Gasteiger partial charge on any atom is 1.00 e. The maximum atomic E-state index is 10.6. The molecular weight excluding hydrogens is 404 g/mol. The molecule has 0 saturated heterocycles. The minimum absolute atomic E-state index is 0. The van der Waals surface area contributed by atoms with Gasteiger partial charge in [0.25, 0.3) is 0 Å². The molecule has 0 aliphatic carbocycles. The molecule has 28 heavy (non-hydrogen) atoms. The summed E-state index contributed by atoms with van der Waals surface area (Å²) in [6.45, 7) is 1.29. The van der Waals surface area contributed by atoms with Gasteiger partial charge in [0.05, 0.1) is 20.2 Å². The van der Waals surface area contributed by atoms with Crippen molar-refractivity contribution in [2.75, 3.05) is 11.5 Å². The summed E-state index contributed by atoms with van der Waals surface area (Å²) in [4.78, 5) is 0. The van der Waals surface area contributed by atoms with Gasteiger partial charge in [-0.3, -0.25) is 0 Å². The summed E-state index contributed by atoms with van der Waals surface area (Å²) < 4.78 is 67.4. The van der Waals surface area contributed by atoms with Crippen molar-refractivity contribution in [1.29, 1.82) is 0 Å². The fourth-order valence-electron chi connectivity index (χ4n) is 2.74. The average molecular weight is 431 g/mol. The first-order valence-corrected chi connectivity index (χ1v) is 12.1. The van der Waals surface area contributed by atoms with Crippen LogP contribution in [0.3, 0.4) is 0 Å². The SMILES string of the molecule is O=S(=O)([O-])CCCC[n+]1ccc(-c2cc[n+](CCCCS(=O)(=O)[O-])cc2)cc1.[H+].[H+]. The topological polar surface area (TPSA) is 122 Å². The molecule has 8 nitrogen and oxygen atoms in total. The van der Waals surface area contributed by atoms with Crippen LogP contribution in [-0.4, -0.2) is 37.4 Å². The van der Waals surface area contributed by atoms with Gasteiger partial charge in [-0.1, -0.05) is 0 Å². The van der Waals surface area contributed by atoms with E-state index in [9.17, 15) is 25.9 Å². The van der Waals surface area contributed by atoms with Gasteiger partial charge in [0.1, 0.15) is 13.1 Å². The Bertz CT molecular complexity index is 885. The lowest BCUT2D eigenvalue weighted by Crippen LogP contribution is -2.33. The summed E-state index contributed by atoms with van der Waals surface area (Å²) in [5.74, 6) is -0.662. The lowest BCUT2D eigenvalue weighted by Gasteiger charge is -2.05. The molecule has 10 heteroatoms. The molecule has 0 unspecified atom stereocenters. The van der Waals surface area contributed by atoms with Crippen molar-refractivity contribution >= 4 is 20.2 Å². The zero-order chi connectivity index (χ0) is 20.6. The zero-order valence-corrected chi connectivity index (χ0v) is 17.1. The zero-order valence-electron chi connectivity index (χ0n) is 17.4. The first-order valence-electron chi connectivity index (χ1n) is 8.98. The van der Waals surface area contributed by atoms with Crippen LogP contribution in [0.1, 0.15) is 28.5 Å². The molecule has 0 amide bonds. The smallest absolute Gasteiger partial charge is 0.748 e. The lowest BCUT2D eigenvalue weighted by molar-refractivity contribution is -0.697. The third-order valence-corrected chi connectivity index (χ3v) is 5.81. The fourth-order valence-corrected chi connectivity index (χ4v) is 3.86. The van der Waals surface area contributed by atoms with Gasteiger partial charge in [-0.05, 0) is 24.0 Å². The number of hydrogen-bond donors (Lipinski definition) is 0. The Morgan fingerprint density at radius 2 is 0.964 bits per heavy atom. The molecule has 0 bridgehead atoms. The van der Waals surface area contributed by atoms with Crippen molar-refractivity contribution in [3.63, 3.8) is 0 Å². The summed E-state index contributed by atoms with van der Waals surface area (Å²) in [6, 6.07) is 7.85. The van der Waals surface area contributed by atoms with Gasteiger partial charge in [-0.15, -0.1) is 0 Å². The molecule has 154 valence electrons. The van der Waals surface area contributed by atoms with Crippen molar-refractivity contribution < 1.29 is 37.9 Å². The first kappa shape index (κ1) is 22.4. The van der Waals surface area contributed by atoms with Gasteiger partial charge in [-0.2, -0.15) is 0 Å². The number of rotatable bonds is 11. The standard InChI is InChI=1S/C18H24N2O6S2/c21-27(22,23)15-3-1-9-19-11-5-17(6-12-19)18-7-13-20(14-8-18)10-2-4-16-28(24,25)26/h5-8,11-14H,1-4,9-10,15-16H2/p+2. The summed E-state index contributed by atoms with van der Waals surface area (Å²) in [6.07, 6.45) is 9.56. The van der Waals surface area contributed by atoms with Crippen LogP contribution >= 0.6 is 0 Å². The van der Waals surface area contributed by atoms with Gasteiger partial charge >= 0.3 is 2.85 Å². The van der Waals surface area contributed by atoms with Crippen LogP contribution in [-0.2, 0) is 33.3 Å². The minimum atomic E-state index is -4.14. The van der Waals surface area contributed by atoms with Crippen LogP contribution in [0.5, 0.6) is 0 Å². The molecule has 2 aromatic rings. The second-order valence-corrected chi connectivity index (χ2v) is 9.63. The predicted octanol–water partition coefficient (Wildman–Crippen LogP) is 0.804. The number of pyridine rings is 2. The van der Waals surface area contributed by atoms with E-state index in [1.807, 2.05) is 58.2 Å². The molecular formula is C18H26N2O6S2+2. The highest BCUT2D eigenvalue weighted by Gasteiger charge is 2.07. The molecule has 2 aromatic heterocycles. The van der Waals surface area contributed by atoms with Crippen LogP contribution in [0, 0.1) is 0 Å². The molecule has 0 spiro atoms. The van der Waals surface area contributed by atoms with E-state index in [1.54, 1.807) is 0 Å². The summed E-state index contributed by atoms with van der Waals surface area (Å²) in [5.41, 5.74) is 2.06. The van der Waals surface area contributed by atoms with E-state index in [0.29, 0.717) is 38.8 Å². The van der Waals surface area contributed by atoms with Gasteiger partial charge in [0, 0.05) is 48.6 Å². The Kier molecular flexibility index (Phi) is 8.05. The molecule has 2 rings (SSSR count). The van der Waals surface area contributed by atoms with Crippen molar-refractivity contribution in [1.82, 2.24) is 0 Å². The van der Waals surface area contributed by atoms with Crippen LogP contribution in [0.4, 0.5) is 0 Å². The monoisotopic (exact) mass is 430 g/mol. The largest absolute Gasteiger partial charge is 1.00 e. The Hall–Kier alpha value is -1.88. The van der Waals surface area contributed by atoms with Crippen LogP contribution < -0.4 is 9.13 Å². The summed E-state index contributed by atoms with van der Waals surface area (Å²) in [7, 11) is -8.28. The molecule has 0 saturated carbocycles. The number of unbranched alkanes of at least 4 members (excludes halogenated alkanes) is 2. The lowest BCUT2D eigenvalue weighted by atomic mass is 10.1. The third-order valence-electron chi connectivity index (χ3n) is 4.24.